The molecule has 1 amide bonds. The van der Waals surface area contributed by atoms with E-state index >= 15 is 0 Å². The molecule has 0 radical (unpaired) electrons. The van der Waals surface area contributed by atoms with Gasteiger partial charge in [0.1, 0.15) is 0 Å². The Hall–Kier alpha value is -2.91. The summed E-state index contributed by atoms with van der Waals surface area (Å²) in [5, 5.41) is 3.15. The second-order valence-electron chi connectivity index (χ2n) is 7.07. The smallest absolute Gasteiger partial charge is 0.413 e. The maximum atomic E-state index is 11.8. The van der Waals surface area contributed by atoms with Crippen molar-refractivity contribution >= 4 is 38.1 Å². The molecule has 1 aromatic heterocycles. The van der Waals surface area contributed by atoms with Crippen LogP contribution in [-0.4, -0.2) is 32.4 Å². The van der Waals surface area contributed by atoms with E-state index in [1.54, 1.807) is 31.2 Å². The van der Waals surface area contributed by atoms with Crippen molar-refractivity contribution in [3.05, 3.63) is 70.2 Å². The van der Waals surface area contributed by atoms with Crippen molar-refractivity contribution in [3.63, 3.8) is 0 Å². The number of nitrogens with one attached hydrogen (secondary N) is 1. The maximum absolute atomic E-state index is 11.8. The summed E-state index contributed by atoms with van der Waals surface area (Å²) in [4.78, 5) is 17.7. The van der Waals surface area contributed by atoms with Gasteiger partial charge in [-0.15, -0.1) is 11.3 Å². The molecule has 7 nitrogen and oxygen atoms in total. The minimum Gasteiger partial charge on any atom is -0.450 e. The van der Waals surface area contributed by atoms with Gasteiger partial charge in [-0.2, -0.15) is 0 Å². The van der Waals surface area contributed by atoms with Crippen molar-refractivity contribution in [1.29, 1.82) is 0 Å². The Labute approximate surface area is 186 Å². The number of anilines is 2. The zero-order chi connectivity index (χ0) is 22.4. The number of aryl methyl sites for hydroxylation is 2. The average Bonchev–Trinajstić information content (AvgIpc) is 3.08. The first kappa shape index (κ1) is 22.8. The largest absolute Gasteiger partial charge is 0.450 e. The summed E-state index contributed by atoms with van der Waals surface area (Å²) in [5.74, 6) is 0. The minimum atomic E-state index is -3.24. The summed E-state index contributed by atoms with van der Waals surface area (Å²) in [6, 6.07) is 14.5. The van der Waals surface area contributed by atoms with E-state index in [-0.39, 0.29) is 11.5 Å². The van der Waals surface area contributed by atoms with E-state index in [0.29, 0.717) is 18.0 Å². The summed E-state index contributed by atoms with van der Waals surface area (Å²) >= 11 is 1.39. The number of hydrogen-bond donors (Lipinski definition) is 2. The van der Waals surface area contributed by atoms with Crippen molar-refractivity contribution in [2.24, 2.45) is 0 Å². The van der Waals surface area contributed by atoms with Crippen LogP contribution >= 0.6 is 11.3 Å². The molecular weight excluding hydrogens is 434 g/mol. The third-order valence-electron chi connectivity index (χ3n) is 4.61. The number of ether oxygens (including phenoxy) is 1. The SMILES string of the molecule is CCOC(=O)Nc1nc(CCc2ccc(N)cc2)c(Cc2ccc(S(C)(=O)=O)cc2)s1. The number of nitrogen functional groups attached to an aromatic ring is 1. The van der Waals surface area contributed by atoms with Crippen LogP contribution in [0.4, 0.5) is 15.6 Å². The van der Waals surface area contributed by atoms with Gasteiger partial charge in [0, 0.05) is 23.2 Å². The highest BCUT2D eigenvalue weighted by molar-refractivity contribution is 7.90. The van der Waals surface area contributed by atoms with Gasteiger partial charge in [0.05, 0.1) is 17.2 Å². The number of aromatic nitrogens is 1. The van der Waals surface area contributed by atoms with Gasteiger partial charge in [-0.25, -0.2) is 18.2 Å². The van der Waals surface area contributed by atoms with E-state index in [1.165, 1.54) is 17.6 Å². The average molecular weight is 460 g/mol. The van der Waals surface area contributed by atoms with Gasteiger partial charge >= 0.3 is 6.09 Å². The molecule has 0 saturated heterocycles. The molecule has 3 rings (SSSR count). The minimum absolute atomic E-state index is 0.279. The van der Waals surface area contributed by atoms with Gasteiger partial charge in [0.15, 0.2) is 15.0 Å². The molecule has 0 aliphatic carbocycles. The Kier molecular flexibility index (Phi) is 7.29. The fourth-order valence-corrected chi connectivity index (χ4v) is 4.67. The Balaban J connectivity index is 1.80. The number of thiazole rings is 1. The lowest BCUT2D eigenvalue weighted by molar-refractivity contribution is 0.168. The normalized spacial score (nSPS) is 11.3. The van der Waals surface area contributed by atoms with Crippen LogP contribution in [-0.2, 0) is 33.8 Å². The molecule has 2 aromatic carbocycles. The molecule has 3 N–H and O–H groups in total. The van der Waals surface area contributed by atoms with Crippen LogP contribution in [0.25, 0.3) is 0 Å². The first-order valence-corrected chi connectivity index (χ1v) is 12.5. The summed E-state index contributed by atoms with van der Waals surface area (Å²) < 4.78 is 28.3. The van der Waals surface area contributed by atoms with Crippen molar-refractivity contribution < 1.29 is 17.9 Å². The summed E-state index contributed by atoms with van der Waals surface area (Å²) in [6.45, 7) is 2.02. The van der Waals surface area contributed by atoms with E-state index in [9.17, 15) is 13.2 Å². The van der Waals surface area contributed by atoms with Crippen LogP contribution in [0.15, 0.2) is 53.4 Å². The molecule has 0 saturated carbocycles. The summed E-state index contributed by atoms with van der Waals surface area (Å²) in [7, 11) is -3.24. The Morgan fingerprint density at radius 2 is 1.71 bits per heavy atom. The first-order valence-electron chi connectivity index (χ1n) is 9.80. The zero-order valence-electron chi connectivity index (χ0n) is 17.4. The fourth-order valence-electron chi connectivity index (χ4n) is 3.01. The molecule has 164 valence electrons. The molecule has 3 aromatic rings. The fraction of sp³-hybridized carbons (Fsp3) is 0.273. The lowest BCUT2D eigenvalue weighted by Gasteiger charge is -2.05. The summed E-state index contributed by atoms with van der Waals surface area (Å²) in [5.41, 5.74) is 9.47. The predicted octanol–water partition coefficient (Wildman–Crippen LogP) is 4.07. The van der Waals surface area contributed by atoms with Crippen molar-refractivity contribution in [1.82, 2.24) is 4.98 Å². The number of nitrogens with two attached hydrogens (primary N) is 1. The molecule has 0 bridgehead atoms. The molecule has 0 fully saturated rings. The zero-order valence-corrected chi connectivity index (χ0v) is 19.1. The highest BCUT2D eigenvalue weighted by atomic mass is 32.2. The number of carbonyl (C=O) groups is 1. The predicted molar refractivity (Wildman–Crippen MR) is 123 cm³/mol. The molecule has 31 heavy (non-hydrogen) atoms. The first-order chi connectivity index (χ1) is 14.7. The van der Waals surface area contributed by atoms with Crippen LogP contribution in [0.3, 0.4) is 0 Å². The Bertz CT molecular complexity index is 1140. The van der Waals surface area contributed by atoms with Crippen LogP contribution < -0.4 is 11.1 Å². The molecule has 0 unspecified atom stereocenters. The van der Waals surface area contributed by atoms with Gasteiger partial charge in [0.25, 0.3) is 0 Å². The van der Waals surface area contributed by atoms with E-state index in [0.717, 1.165) is 33.8 Å². The van der Waals surface area contributed by atoms with Crippen LogP contribution in [0.1, 0.15) is 28.6 Å². The van der Waals surface area contributed by atoms with Crippen molar-refractivity contribution in [2.45, 2.75) is 31.1 Å². The topological polar surface area (TPSA) is 111 Å². The van der Waals surface area contributed by atoms with E-state index < -0.39 is 15.9 Å². The van der Waals surface area contributed by atoms with Crippen LogP contribution in [0, 0.1) is 0 Å². The third kappa shape index (κ3) is 6.53. The number of rotatable bonds is 8. The number of sulfone groups is 1. The number of benzene rings is 2. The molecule has 1 heterocycles. The summed E-state index contributed by atoms with van der Waals surface area (Å²) in [6.07, 6.45) is 2.71. The molecular formula is C22H25N3O4S2. The number of amides is 1. The lowest BCUT2D eigenvalue weighted by Crippen LogP contribution is -2.13. The molecule has 0 spiro atoms. The molecule has 9 heteroatoms. The second-order valence-corrected chi connectivity index (χ2v) is 10.2. The standard InChI is InChI=1S/C22H25N3O4S2/c1-3-29-22(26)25-21-24-19(13-8-15-4-9-17(23)10-5-15)20(30-21)14-16-6-11-18(12-7-16)31(2,27)28/h4-7,9-12H,3,8,13-14,23H2,1-2H3,(H,24,25,26). The van der Waals surface area contributed by atoms with E-state index in [4.69, 9.17) is 10.5 Å². The highest BCUT2D eigenvalue weighted by Crippen LogP contribution is 2.27. The Morgan fingerprint density at radius 1 is 1.06 bits per heavy atom. The highest BCUT2D eigenvalue weighted by Gasteiger charge is 2.15. The lowest BCUT2D eigenvalue weighted by atomic mass is 10.0. The van der Waals surface area contributed by atoms with E-state index in [1.807, 2.05) is 24.3 Å². The monoisotopic (exact) mass is 459 g/mol. The maximum Gasteiger partial charge on any atom is 0.413 e. The van der Waals surface area contributed by atoms with Crippen LogP contribution in [0.5, 0.6) is 0 Å². The quantitative estimate of drug-likeness (QED) is 0.491. The molecule has 0 atom stereocenters. The van der Waals surface area contributed by atoms with Crippen molar-refractivity contribution in [3.8, 4) is 0 Å². The third-order valence-corrected chi connectivity index (χ3v) is 6.75. The van der Waals surface area contributed by atoms with Gasteiger partial charge in [0.2, 0.25) is 0 Å². The molecule has 0 aliphatic heterocycles. The molecule has 0 aliphatic rings. The Morgan fingerprint density at radius 3 is 2.32 bits per heavy atom. The van der Waals surface area contributed by atoms with Gasteiger partial charge in [-0.1, -0.05) is 24.3 Å². The van der Waals surface area contributed by atoms with E-state index in [2.05, 4.69) is 10.3 Å². The second kappa shape index (κ2) is 9.93. The van der Waals surface area contributed by atoms with Crippen molar-refractivity contribution in [2.75, 3.05) is 23.9 Å². The number of nitrogens with zero attached hydrogens (tertiary/aromatic N) is 1. The van der Waals surface area contributed by atoms with Crippen LogP contribution in [0.2, 0.25) is 0 Å². The number of carbonyl (C=O) groups excluding carboxylic acids is 1. The van der Waals surface area contributed by atoms with Gasteiger partial charge < -0.3 is 10.5 Å². The van der Waals surface area contributed by atoms with Gasteiger partial charge in [-0.05, 0) is 55.2 Å². The number of hydrogen-bond acceptors (Lipinski definition) is 7. The van der Waals surface area contributed by atoms with Gasteiger partial charge in [-0.3, -0.25) is 5.32 Å².